The highest BCUT2D eigenvalue weighted by Gasteiger charge is 2.35. The molecule has 0 spiro atoms. The van der Waals surface area contributed by atoms with Gasteiger partial charge in [-0.2, -0.15) is 0 Å². The van der Waals surface area contributed by atoms with E-state index in [1.807, 2.05) is 0 Å². The van der Waals surface area contributed by atoms with Crippen LogP contribution in [0.3, 0.4) is 0 Å². The second-order valence-corrected chi connectivity index (χ2v) is 19.7. The van der Waals surface area contributed by atoms with Crippen LogP contribution in [0, 0.1) is 0 Å². The first-order valence-electron chi connectivity index (χ1n) is 26.6. The summed E-state index contributed by atoms with van der Waals surface area (Å²) in [7, 11) is 0. The van der Waals surface area contributed by atoms with Gasteiger partial charge in [-0.1, -0.05) is 42.5 Å². The molecule has 24 N–H and O–H groups in total. The zero-order valence-corrected chi connectivity index (χ0v) is 46.2. The molecule has 0 aliphatic rings. The number of carboxylic acid groups (broad SMARTS) is 1. The van der Waals surface area contributed by atoms with E-state index in [0.29, 0.717) is 27.6 Å². The zero-order chi connectivity index (χ0) is 62.9. The van der Waals surface area contributed by atoms with Crippen molar-refractivity contribution < 1.29 is 78.3 Å². The first kappa shape index (κ1) is 67.6. The van der Waals surface area contributed by atoms with Crippen LogP contribution < -0.4 is 71.2 Å². The molecular weight excluding hydrogens is 1110 g/mol. The highest BCUT2D eigenvalue weighted by atomic mass is 16.4. The average molecular weight is 1190 g/mol. The first-order chi connectivity index (χ1) is 40.3. The number of rotatable bonds is 35. The topological polar surface area (TPSA) is 543 Å². The van der Waals surface area contributed by atoms with Gasteiger partial charge in [0.2, 0.25) is 59.1 Å². The van der Waals surface area contributed by atoms with Crippen molar-refractivity contribution in [3.63, 3.8) is 0 Å². The van der Waals surface area contributed by atoms with Crippen molar-refractivity contribution in [1.29, 1.82) is 0 Å². The van der Waals surface area contributed by atoms with Crippen LogP contribution in [0.5, 0.6) is 11.5 Å². The Morgan fingerprint density at radius 2 is 0.906 bits per heavy atom. The Kier molecular flexibility index (Phi) is 26.5. The summed E-state index contributed by atoms with van der Waals surface area (Å²) in [6, 6.07) is 3.68. The maximum Gasteiger partial charge on any atom is 0.325 e. The number of nitrogens with two attached hydrogens (primary N) is 5. The Hall–Kier alpha value is -9.88. The van der Waals surface area contributed by atoms with Gasteiger partial charge in [0.25, 0.3) is 0 Å². The number of carbonyl (C=O) groups excluding carboxylic acids is 10. The number of carbonyl (C=O) groups is 11. The highest BCUT2D eigenvalue weighted by molar-refractivity contribution is 5.99. The second-order valence-electron chi connectivity index (χ2n) is 19.7. The Labute approximate surface area is 486 Å². The van der Waals surface area contributed by atoms with E-state index in [1.165, 1.54) is 48.5 Å². The lowest BCUT2D eigenvalue weighted by atomic mass is 10.0. The number of aliphatic hydroxyl groups is 2. The third-order valence-corrected chi connectivity index (χ3v) is 13.0. The lowest BCUT2D eigenvalue weighted by Gasteiger charge is -2.28. The fourth-order valence-corrected chi connectivity index (χ4v) is 8.35. The van der Waals surface area contributed by atoms with Gasteiger partial charge in [-0.3, -0.25) is 57.7 Å². The first-order valence-corrected chi connectivity index (χ1v) is 26.6. The van der Waals surface area contributed by atoms with Crippen LogP contribution in [0.2, 0.25) is 0 Å². The van der Waals surface area contributed by atoms with Gasteiger partial charge >= 0.3 is 5.97 Å². The quantitative estimate of drug-likeness (QED) is 0.0116. The number of amides is 10. The summed E-state index contributed by atoms with van der Waals surface area (Å²) in [6.07, 6.45) is -1.06. The summed E-state index contributed by atoms with van der Waals surface area (Å²) in [4.78, 5) is 153. The molecule has 0 aliphatic carbocycles. The third-order valence-electron chi connectivity index (χ3n) is 13.0. The third kappa shape index (κ3) is 22.4. The molecule has 460 valence electrons. The molecule has 31 heteroatoms. The molecule has 4 rings (SSSR count). The molecule has 0 radical (unpaired) electrons. The smallest absolute Gasteiger partial charge is 0.325 e. The molecule has 0 fully saturated rings. The number of fused-ring (bicyclic) bond motifs is 1. The van der Waals surface area contributed by atoms with E-state index < -0.39 is 152 Å². The fraction of sp³-hybridized carbons (Fsp3) is 0.407. The van der Waals surface area contributed by atoms with Crippen molar-refractivity contribution in [2.75, 3.05) is 19.8 Å². The lowest BCUT2D eigenvalue weighted by Crippen LogP contribution is -2.61. The summed E-state index contributed by atoms with van der Waals surface area (Å²) in [5.41, 5.74) is 29.8. The number of aromatic amines is 1. The van der Waals surface area contributed by atoms with Crippen LogP contribution in [0.15, 0.2) is 84.0 Å². The number of aromatic hydroxyl groups is 2. The second kappa shape index (κ2) is 33.3. The van der Waals surface area contributed by atoms with Crippen LogP contribution in [-0.4, -0.2) is 176 Å². The van der Waals surface area contributed by atoms with Crippen LogP contribution in [-0.2, 0) is 72.0 Å². The number of nitrogens with zero attached hydrogens (tertiary/aromatic N) is 1. The number of aromatic nitrogens is 1. The Balaban J connectivity index is 1.65. The van der Waals surface area contributed by atoms with Gasteiger partial charge in [0.15, 0.2) is 5.96 Å². The predicted molar refractivity (Wildman–Crippen MR) is 303 cm³/mol. The van der Waals surface area contributed by atoms with E-state index >= 15 is 0 Å². The van der Waals surface area contributed by atoms with Crippen molar-refractivity contribution in [2.24, 2.45) is 33.7 Å². The Morgan fingerprint density at radius 1 is 0.506 bits per heavy atom. The number of carboxylic acids is 1. The molecule has 0 aliphatic heterocycles. The monoisotopic (exact) mass is 1190 g/mol. The van der Waals surface area contributed by atoms with E-state index in [0.717, 1.165) is 6.92 Å². The number of phenols is 2. The molecule has 1 aromatic heterocycles. The van der Waals surface area contributed by atoms with Gasteiger partial charge < -0.3 is 102 Å². The molecule has 9 atom stereocenters. The van der Waals surface area contributed by atoms with Crippen molar-refractivity contribution in [3.8, 4) is 11.5 Å². The van der Waals surface area contributed by atoms with E-state index in [1.54, 1.807) is 30.5 Å². The number of aliphatic imine (C=N–C) groups is 1. The molecule has 3 aromatic carbocycles. The normalized spacial score (nSPS) is 14.2. The molecule has 4 aromatic rings. The van der Waals surface area contributed by atoms with Gasteiger partial charge in [-0.05, 0) is 86.1 Å². The number of guanidine groups is 1. The number of nitrogens with one attached hydrogen (secondary N) is 9. The van der Waals surface area contributed by atoms with Gasteiger partial charge in [-0.25, -0.2) is 0 Å². The highest BCUT2D eigenvalue weighted by Crippen LogP contribution is 2.20. The van der Waals surface area contributed by atoms with Crippen LogP contribution >= 0.6 is 0 Å². The average Bonchev–Trinajstić information content (AvgIpc) is 4.15. The van der Waals surface area contributed by atoms with E-state index in [9.17, 15) is 78.3 Å². The predicted octanol–water partition coefficient (Wildman–Crippen LogP) is -5.51. The standard InChI is InChI=1S/C54H73N15O16/c1-27(53(84)85)62-46(77)37(16-18-43(56)74)65-51(82)41(25-70)69-49(80)39(22-29-10-14-32(73)15-11-29)66-47(78)36(7-4-20-60-54(58)59)64-50(81)40(23-30-24-61-35-6-3-2-5-33(30)35)67-52(83)42(26-71)68-48(79)38(17-19-44(57)75)63-45(76)34(55)21-28-8-12-31(72)13-9-28/h2-3,5-6,8-15,24,27,34,36-42,61,70-73H,4,7,16-23,25-26,55H2,1H3,(H2,56,74)(H2,57,75)(H,62,77)(H,63,76)(H,64,81)(H,65,82)(H,66,78)(H,67,83)(H,68,79)(H,69,80)(H,84,85)(H4,58,59,60). The van der Waals surface area contributed by atoms with Crippen LogP contribution in [0.4, 0.5) is 0 Å². The van der Waals surface area contributed by atoms with E-state index in [2.05, 4.69) is 52.5 Å². The molecule has 10 amide bonds. The Bertz CT molecular complexity index is 3030. The largest absolute Gasteiger partial charge is 0.508 e. The number of aliphatic carboxylic acids is 1. The molecular formula is C54H73N15O16. The number of benzene rings is 3. The van der Waals surface area contributed by atoms with Gasteiger partial charge in [0.1, 0.15) is 59.8 Å². The van der Waals surface area contributed by atoms with Crippen molar-refractivity contribution in [2.45, 2.75) is 119 Å². The fourth-order valence-electron chi connectivity index (χ4n) is 8.35. The molecule has 1 heterocycles. The molecule has 85 heavy (non-hydrogen) atoms. The minimum absolute atomic E-state index is 0.000846. The van der Waals surface area contributed by atoms with Crippen LogP contribution in [0.25, 0.3) is 10.9 Å². The number of aliphatic hydroxyl groups excluding tert-OH is 2. The SMILES string of the molecule is CC(NC(=O)C(CCC(N)=O)NC(=O)C(CO)NC(=O)C(Cc1ccc(O)cc1)NC(=O)C(CCCN=C(N)N)NC(=O)C(Cc1c[nH]c2ccccc12)NC(=O)C(CO)NC(=O)C(CCC(N)=O)NC(=O)C(N)Cc1ccc(O)cc1)C(=O)O. The molecule has 0 saturated heterocycles. The minimum atomic E-state index is -1.86. The van der Waals surface area contributed by atoms with Gasteiger partial charge in [0, 0.05) is 49.3 Å². The molecule has 0 saturated carbocycles. The summed E-state index contributed by atoms with van der Waals surface area (Å²) in [5.74, 6) is -12.1. The van der Waals surface area contributed by atoms with Gasteiger partial charge in [0.05, 0.1) is 19.3 Å². The van der Waals surface area contributed by atoms with Crippen LogP contribution in [0.1, 0.15) is 62.1 Å². The molecule has 0 bridgehead atoms. The number of H-pyrrole nitrogens is 1. The summed E-state index contributed by atoms with van der Waals surface area (Å²) in [5, 5.41) is 69.6. The number of phenolic OH excluding ortho intramolecular Hbond substituents is 2. The molecule has 31 nitrogen and oxygen atoms in total. The van der Waals surface area contributed by atoms with E-state index in [4.69, 9.17) is 28.7 Å². The molecule has 9 unspecified atom stereocenters. The van der Waals surface area contributed by atoms with Crippen molar-refractivity contribution >= 4 is 81.9 Å². The number of hydrogen-bond acceptors (Lipinski definition) is 17. The van der Waals surface area contributed by atoms with Gasteiger partial charge in [-0.15, -0.1) is 0 Å². The van der Waals surface area contributed by atoms with E-state index in [-0.39, 0.29) is 62.5 Å². The summed E-state index contributed by atoms with van der Waals surface area (Å²) in [6.45, 7) is -1.14. The zero-order valence-electron chi connectivity index (χ0n) is 46.2. The summed E-state index contributed by atoms with van der Waals surface area (Å²) < 4.78 is 0. The number of para-hydroxylation sites is 1. The Morgan fingerprint density at radius 3 is 1.38 bits per heavy atom. The summed E-state index contributed by atoms with van der Waals surface area (Å²) >= 11 is 0. The van der Waals surface area contributed by atoms with Crippen molar-refractivity contribution in [3.05, 3.63) is 95.7 Å². The maximum absolute atomic E-state index is 14.7. The lowest BCUT2D eigenvalue weighted by molar-refractivity contribution is -0.142. The number of hydrogen-bond donors (Lipinski definition) is 19. The maximum atomic E-state index is 14.7. The van der Waals surface area contributed by atoms with Crippen molar-refractivity contribution in [1.82, 2.24) is 47.5 Å². The number of primary amides is 2. The minimum Gasteiger partial charge on any atom is -0.508 e.